The molecule has 0 fully saturated rings. The minimum absolute atomic E-state index is 0. The van der Waals surface area contributed by atoms with Crippen molar-refractivity contribution in [1.82, 2.24) is 10.2 Å². The van der Waals surface area contributed by atoms with E-state index in [4.69, 9.17) is 5.14 Å². The molecule has 0 saturated carbocycles. The molecule has 0 amide bonds. The molecular formula is C17H23IN4O2S. The summed E-state index contributed by atoms with van der Waals surface area (Å²) in [5, 5.41) is 8.39. The molecule has 0 spiro atoms. The maximum atomic E-state index is 11.4. The molecule has 0 aliphatic heterocycles. The Balaban J connectivity index is 0.00000312. The Bertz CT molecular complexity index is 810. The molecule has 0 radical (unpaired) electrons. The van der Waals surface area contributed by atoms with Gasteiger partial charge in [-0.05, 0) is 23.3 Å². The van der Waals surface area contributed by atoms with Gasteiger partial charge in [0.05, 0.1) is 4.90 Å². The van der Waals surface area contributed by atoms with Crippen LogP contribution in [-0.4, -0.2) is 33.4 Å². The fourth-order valence-corrected chi connectivity index (χ4v) is 2.91. The summed E-state index contributed by atoms with van der Waals surface area (Å²) in [5.74, 6) is 0.722. The fraction of sp³-hybridized carbons (Fsp3) is 0.235. The van der Waals surface area contributed by atoms with E-state index in [2.05, 4.69) is 22.4 Å². The number of guanidine groups is 1. The maximum Gasteiger partial charge on any atom is 0.238 e. The fourth-order valence-electron chi connectivity index (χ4n) is 2.33. The van der Waals surface area contributed by atoms with Crippen LogP contribution in [0.25, 0.3) is 0 Å². The first-order chi connectivity index (χ1) is 11.4. The Morgan fingerprint density at radius 2 is 1.76 bits per heavy atom. The Morgan fingerprint density at radius 1 is 1.12 bits per heavy atom. The third-order valence-corrected chi connectivity index (χ3v) is 4.42. The average molecular weight is 474 g/mol. The van der Waals surface area contributed by atoms with E-state index in [1.165, 1.54) is 11.6 Å². The normalized spacial score (nSPS) is 11.6. The number of nitrogens with zero attached hydrogens (tertiary/aromatic N) is 2. The number of hydrogen-bond acceptors (Lipinski definition) is 3. The summed E-state index contributed by atoms with van der Waals surface area (Å²) in [4.78, 5) is 6.36. The second kappa shape index (κ2) is 9.73. The van der Waals surface area contributed by atoms with Crippen molar-refractivity contribution in [2.24, 2.45) is 10.1 Å². The third-order valence-electron chi connectivity index (χ3n) is 3.51. The summed E-state index contributed by atoms with van der Waals surface area (Å²) in [5.41, 5.74) is 2.00. The SMILES string of the molecule is CN=C(NCc1cccc(S(N)(=O)=O)c1)N(C)Cc1ccccc1.I. The summed E-state index contributed by atoms with van der Waals surface area (Å²) in [7, 11) is -0.0345. The van der Waals surface area contributed by atoms with E-state index in [-0.39, 0.29) is 28.9 Å². The van der Waals surface area contributed by atoms with E-state index < -0.39 is 10.0 Å². The molecule has 0 aliphatic carbocycles. The highest BCUT2D eigenvalue weighted by atomic mass is 127. The lowest BCUT2D eigenvalue weighted by Crippen LogP contribution is -2.38. The van der Waals surface area contributed by atoms with E-state index in [0.717, 1.165) is 18.1 Å². The van der Waals surface area contributed by atoms with Gasteiger partial charge in [0.25, 0.3) is 0 Å². The van der Waals surface area contributed by atoms with Gasteiger partial charge < -0.3 is 10.2 Å². The largest absolute Gasteiger partial charge is 0.352 e. The lowest BCUT2D eigenvalue weighted by molar-refractivity contribution is 0.476. The van der Waals surface area contributed by atoms with Gasteiger partial charge in [0.2, 0.25) is 10.0 Å². The third kappa shape index (κ3) is 6.63. The van der Waals surface area contributed by atoms with Crippen LogP contribution in [0.4, 0.5) is 0 Å². The molecule has 0 unspecified atom stereocenters. The molecule has 3 N–H and O–H groups in total. The lowest BCUT2D eigenvalue weighted by Gasteiger charge is -2.22. The van der Waals surface area contributed by atoms with Gasteiger partial charge in [0.15, 0.2) is 5.96 Å². The van der Waals surface area contributed by atoms with E-state index in [1.54, 1.807) is 19.2 Å². The molecule has 0 atom stereocenters. The lowest BCUT2D eigenvalue weighted by atomic mass is 10.2. The van der Waals surface area contributed by atoms with Crippen LogP contribution in [0.3, 0.4) is 0 Å². The van der Waals surface area contributed by atoms with Crippen molar-refractivity contribution in [2.75, 3.05) is 14.1 Å². The summed E-state index contributed by atoms with van der Waals surface area (Å²) in [6.45, 7) is 1.17. The molecule has 0 heterocycles. The summed E-state index contributed by atoms with van der Waals surface area (Å²) in [6, 6.07) is 16.6. The summed E-state index contributed by atoms with van der Waals surface area (Å²) in [6.07, 6.45) is 0. The Hall–Kier alpha value is -1.65. The standard InChI is InChI=1S/C17H22N4O2S.HI/c1-19-17(21(2)13-14-7-4-3-5-8-14)20-12-15-9-6-10-16(11-15)24(18,22)23;/h3-11H,12-13H2,1-2H3,(H,19,20)(H2,18,22,23);1H. The first kappa shape index (κ1) is 21.4. The van der Waals surface area contributed by atoms with E-state index in [1.807, 2.05) is 36.2 Å². The molecule has 0 aliphatic rings. The van der Waals surface area contributed by atoms with Crippen molar-refractivity contribution in [1.29, 1.82) is 0 Å². The van der Waals surface area contributed by atoms with Gasteiger partial charge in [-0.3, -0.25) is 4.99 Å². The number of nitrogens with one attached hydrogen (secondary N) is 1. The molecule has 2 aromatic rings. The Labute approximate surface area is 166 Å². The van der Waals surface area contributed by atoms with Crippen LogP contribution in [0.2, 0.25) is 0 Å². The molecule has 8 heteroatoms. The van der Waals surface area contributed by atoms with Gasteiger partial charge >= 0.3 is 0 Å². The number of rotatable bonds is 5. The molecule has 0 aromatic heterocycles. The molecule has 2 aromatic carbocycles. The molecule has 6 nitrogen and oxygen atoms in total. The van der Waals surface area contributed by atoms with Crippen LogP contribution in [0, 0.1) is 0 Å². The number of halogens is 1. The van der Waals surface area contributed by atoms with E-state index >= 15 is 0 Å². The van der Waals surface area contributed by atoms with Crippen molar-refractivity contribution >= 4 is 40.0 Å². The smallest absolute Gasteiger partial charge is 0.238 e. The van der Waals surface area contributed by atoms with Gasteiger partial charge in [-0.15, -0.1) is 24.0 Å². The number of benzene rings is 2. The quantitative estimate of drug-likeness (QED) is 0.395. The first-order valence-corrected chi connectivity index (χ1v) is 9.02. The first-order valence-electron chi connectivity index (χ1n) is 7.47. The highest BCUT2D eigenvalue weighted by Gasteiger charge is 2.09. The molecular weight excluding hydrogens is 451 g/mol. The number of hydrogen-bond donors (Lipinski definition) is 2. The summed E-state index contributed by atoms with van der Waals surface area (Å²) >= 11 is 0. The maximum absolute atomic E-state index is 11.4. The monoisotopic (exact) mass is 474 g/mol. The van der Waals surface area contributed by atoms with E-state index in [9.17, 15) is 8.42 Å². The van der Waals surface area contributed by atoms with Crippen molar-refractivity contribution in [3.8, 4) is 0 Å². The van der Waals surface area contributed by atoms with Crippen LogP contribution in [0.1, 0.15) is 11.1 Å². The van der Waals surface area contributed by atoms with Gasteiger partial charge in [-0.1, -0.05) is 42.5 Å². The summed E-state index contributed by atoms with van der Waals surface area (Å²) < 4.78 is 22.8. The van der Waals surface area contributed by atoms with Gasteiger partial charge in [0.1, 0.15) is 0 Å². The number of aliphatic imine (C=N–C) groups is 1. The number of primary sulfonamides is 1. The van der Waals surface area contributed by atoms with Crippen LogP contribution in [0.5, 0.6) is 0 Å². The minimum Gasteiger partial charge on any atom is -0.352 e. The molecule has 0 saturated heterocycles. The zero-order chi connectivity index (χ0) is 17.6. The van der Waals surface area contributed by atoms with Gasteiger partial charge in [-0.25, -0.2) is 13.6 Å². The molecule has 136 valence electrons. The van der Waals surface area contributed by atoms with Crippen LogP contribution in [-0.2, 0) is 23.1 Å². The van der Waals surface area contributed by atoms with Crippen molar-refractivity contribution in [3.63, 3.8) is 0 Å². The highest BCUT2D eigenvalue weighted by molar-refractivity contribution is 14.0. The Morgan fingerprint density at radius 3 is 2.36 bits per heavy atom. The van der Waals surface area contributed by atoms with E-state index in [0.29, 0.717) is 6.54 Å². The average Bonchev–Trinajstić information content (AvgIpc) is 2.56. The van der Waals surface area contributed by atoms with Crippen LogP contribution < -0.4 is 10.5 Å². The number of nitrogens with two attached hydrogens (primary N) is 1. The van der Waals surface area contributed by atoms with Crippen LogP contribution >= 0.6 is 24.0 Å². The van der Waals surface area contributed by atoms with Crippen molar-refractivity contribution in [2.45, 2.75) is 18.0 Å². The zero-order valence-electron chi connectivity index (χ0n) is 14.2. The molecule has 2 rings (SSSR count). The second-order valence-corrected chi connectivity index (χ2v) is 7.00. The van der Waals surface area contributed by atoms with Gasteiger partial charge in [0, 0.05) is 27.2 Å². The number of sulfonamides is 1. The topological polar surface area (TPSA) is 87.8 Å². The predicted molar refractivity (Wildman–Crippen MR) is 111 cm³/mol. The predicted octanol–water partition coefficient (Wildman–Crippen LogP) is 2.16. The Kier molecular flexibility index (Phi) is 8.33. The second-order valence-electron chi connectivity index (χ2n) is 5.43. The van der Waals surface area contributed by atoms with Gasteiger partial charge in [-0.2, -0.15) is 0 Å². The highest BCUT2D eigenvalue weighted by Crippen LogP contribution is 2.10. The zero-order valence-corrected chi connectivity index (χ0v) is 17.4. The van der Waals surface area contributed by atoms with Crippen LogP contribution in [0.15, 0.2) is 64.5 Å². The molecule has 25 heavy (non-hydrogen) atoms. The molecule has 0 bridgehead atoms. The van der Waals surface area contributed by atoms with Crippen molar-refractivity contribution in [3.05, 3.63) is 65.7 Å². The van der Waals surface area contributed by atoms with Crippen molar-refractivity contribution < 1.29 is 8.42 Å². The minimum atomic E-state index is -3.69.